The van der Waals surface area contributed by atoms with Gasteiger partial charge in [0.1, 0.15) is 6.04 Å². The van der Waals surface area contributed by atoms with Crippen molar-refractivity contribution in [2.75, 3.05) is 18.7 Å². The third-order valence-electron chi connectivity index (χ3n) is 6.13. The van der Waals surface area contributed by atoms with Crippen LogP contribution in [0.3, 0.4) is 0 Å². The fourth-order valence-electron chi connectivity index (χ4n) is 4.53. The predicted molar refractivity (Wildman–Crippen MR) is 121 cm³/mol. The summed E-state index contributed by atoms with van der Waals surface area (Å²) < 4.78 is 10.8. The van der Waals surface area contributed by atoms with E-state index in [1.165, 1.54) is 0 Å². The highest BCUT2D eigenvalue weighted by Gasteiger charge is 2.40. The van der Waals surface area contributed by atoms with Crippen LogP contribution in [0, 0.1) is 0 Å². The van der Waals surface area contributed by atoms with Gasteiger partial charge >= 0.3 is 6.03 Å². The van der Waals surface area contributed by atoms with Gasteiger partial charge in [0, 0.05) is 18.6 Å². The van der Waals surface area contributed by atoms with E-state index in [2.05, 4.69) is 16.0 Å². The van der Waals surface area contributed by atoms with Crippen molar-refractivity contribution in [3.05, 3.63) is 42.0 Å². The fraction of sp³-hybridized carbons (Fsp3) is 0.375. The number of urea groups is 1. The normalized spacial score (nSPS) is 21.1. The van der Waals surface area contributed by atoms with E-state index < -0.39 is 6.04 Å². The number of anilines is 1. The second-order valence-corrected chi connectivity index (χ2v) is 8.83. The lowest BCUT2D eigenvalue weighted by molar-refractivity contribution is -0.121. The molecule has 0 saturated carbocycles. The minimum Gasteiger partial charge on any atom is -0.454 e. The highest BCUT2D eigenvalue weighted by molar-refractivity contribution is 6.10. The predicted octanol–water partition coefficient (Wildman–Crippen LogP) is 2.72. The number of fused-ring (bicyclic) bond motifs is 3. The molecule has 2 atom stereocenters. The van der Waals surface area contributed by atoms with Gasteiger partial charge in [0.25, 0.3) is 5.91 Å². The molecule has 0 radical (unpaired) electrons. The van der Waals surface area contributed by atoms with E-state index in [1.807, 2.05) is 38.1 Å². The Hall–Kier alpha value is -3.75. The van der Waals surface area contributed by atoms with E-state index in [-0.39, 0.29) is 36.7 Å². The fourth-order valence-corrected chi connectivity index (χ4v) is 4.53. The number of nitrogens with one attached hydrogen (secondary N) is 3. The zero-order valence-electron chi connectivity index (χ0n) is 18.5. The number of ether oxygens (including phenoxy) is 2. The van der Waals surface area contributed by atoms with Crippen LogP contribution in [-0.4, -0.2) is 54.2 Å². The zero-order valence-corrected chi connectivity index (χ0v) is 18.5. The largest absolute Gasteiger partial charge is 0.454 e. The number of nitrogens with zero attached hydrogens (tertiary/aromatic N) is 1. The van der Waals surface area contributed by atoms with Gasteiger partial charge in [-0.2, -0.15) is 0 Å². The average Bonchev–Trinajstić information content (AvgIpc) is 3.22. The number of rotatable bonds is 3. The second-order valence-electron chi connectivity index (χ2n) is 8.83. The Kier molecular flexibility index (Phi) is 5.32. The summed E-state index contributed by atoms with van der Waals surface area (Å²) in [5.41, 5.74) is 2.67. The van der Waals surface area contributed by atoms with Crippen LogP contribution < -0.4 is 25.4 Å². The number of carbonyl (C=O) groups excluding carboxylic acids is 3. The molecule has 0 spiro atoms. The molecule has 0 aliphatic carbocycles. The van der Waals surface area contributed by atoms with Gasteiger partial charge in [0.2, 0.25) is 12.7 Å². The quantitative estimate of drug-likeness (QED) is 0.666. The summed E-state index contributed by atoms with van der Waals surface area (Å²) in [5, 5.41) is 8.62. The molecule has 3 aliphatic heterocycles. The Bertz CT molecular complexity index is 1130. The van der Waals surface area contributed by atoms with Crippen molar-refractivity contribution in [3.8, 4) is 22.6 Å². The Morgan fingerprint density at radius 2 is 1.85 bits per heavy atom. The highest BCUT2D eigenvalue weighted by atomic mass is 16.7. The molecule has 33 heavy (non-hydrogen) atoms. The van der Waals surface area contributed by atoms with Gasteiger partial charge < -0.3 is 30.3 Å². The molecule has 5 rings (SSSR count). The van der Waals surface area contributed by atoms with Crippen LogP contribution in [0.15, 0.2) is 36.4 Å². The van der Waals surface area contributed by atoms with Crippen molar-refractivity contribution in [1.29, 1.82) is 0 Å². The van der Waals surface area contributed by atoms with Crippen molar-refractivity contribution in [2.24, 2.45) is 0 Å². The molecular formula is C24H26N4O5. The molecule has 1 fully saturated rings. The van der Waals surface area contributed by atoms with E-state index in [0.29, 0.717) is 42.1 Å². The third-order valence-corrected chi connectivity index (χ3v) is 6.13. The summed E-state index contributed by atoms with van der Waals surface area (Å²) in [6.45, 7) is 4.35. The van der Waals surface area contributed by atoms with Gasteiger partial charge in [-0.3, -0.25) is 9.59 Å². The molecule has 0 bridgehead atoms. The molecule has 9 heteroatoms. The SMILES string of the molecule is CC(C)NC(=O)N[C@@H]1CCN2C(=O)c3cc(-c4ccc5c(c4)OCO5)ccc3NC(=O)[C@@H]2C1. The molecule has 0 unspecified atom stereocenters. The second kappa shape index (κ2) is 8.31. The van der Waals surface area contributed by atoms with Crippen LogP contribution in [-0.2, 0) is 4.79 Å². The van der Waals surface area contributed by atoms with Crippen LogP contribution in [0.2, 0.25) is 0 Å². The summed E-state index contributed by atoms with van der Waals surface area (Å²) in [4.78, 5) is 40.1. The summed E-state index contributed by atoms with van der Waals surface area (Å²) in [6.07, 6.45) is 0.949. The first-order valence-electron chi connectivity index (χ1n) is 11.1. The molecule has 0 aromatic heterocycles. The van der Waals surface area contributed by atoms with Crippen LogP contribution >= 0.6 is 0 Å². The smallest absolute Gasteiger partial charge is 0.315 e. The van der Waals surface area contributed by atoms with Crippen molar-refractivity contribution in [1.82, 2.24) is 15.5 Å². The summed E-state index contributed by atoms with van der Waals surface area (Å²) in [7, 11) is 0. The topological polar surface area (TPSA) is 109 Å². The van der Waals surface area contributed by atoms with Gasteiger partial charge in [-0.1, -0.05) is 12.1 Å². The van der Waals surface area contributed by atoms with Gasteiger partial charge in [0.15, 0.2) is 11.5 Å². The molecule has 172 valence electrons. The van der Waals surface area contributed by atoms with Crippen LogP contribution in [0.5, 0.6) is 11.5 Å². The Balaban J connectivity index is 1.38. The highest BCUT2D eigenvalue weighted by Crippen LogP contribution is 2.37. The number of hydrogen-bond donors (Lipinski definition) is 3. The summed E-state index contributed by atoms with van der Waals surface area (Å²) >= 11 is 0. The van der Waals surface area contributed by atoms with E-state index in [9.17, 15) is 14.4 Å². The zero-order chi connectivity index (χ0) is 23.1. The monoisotopic (exact) mass is 450 g/mol. The number of piperidine rings is 1. The molecule has 2 aromatic rings. The van der Waals surface area contributed by atoms with Gasteiger partial charge in [0.05, 0.1) is 11.3 Å². The van der Waals surface area contributed by atoms with E-state index in [4.69, 9.17) is 9.47 Å². The first-order valence-corrected chi connectivity index (χ1v) is 11.1. The lowest BCUT2D eigenvalue weighted by Gasteiger charge is -2.37. The molecule has 9 nitrogen and oxygen atoms in total. The lowest BCUT2D eigenvalue weighted by atomic mass is 9.96. The maximum absolute atomic E-state index is 13.5. The molecular weight excluding hydrogens is 424 g/mol. The number of carbonyl (C=O) groups is 3. The lowest BCUT2D eigenvalue weighted by Crippen LogP contribution is -2.56. The Labute approximate surface area is 191 Å². The first kappa shape index (κ1) is 21.1. The van der Waals surface area contributed by atoms with E-state index in [0.717, 1.165) is 11.1 Å². The molecule has 3 N–H and O–H groups in total. The van der Waals surface area contributed by atoms with Crippen molar-refractivity contribution in [3.63, 3.8) is 0 Å². The minimum absolute atomic E-state index is 0.0151. The Morgan fingerprint density at radius 1 is 1.09 bits per heavy atom. The third kappa shape index (κ3) is 4.06. The van der Waals surface area contributed by atoms with Crippen molar-refractivity contribution in [2.45, 2.75) is 44.8 Å². The number of amides is 4. The molecule has 3 heterocycles. The number of benzene rings is 2. The summed E-state index contributed by atoms with van der Waals surface area (Å²) in [5.74, 6) is 0.922. The number of hydrogen-bond acceptors (Lipinski definition) is 5. The van der Waals surface area contributed by atoms with Crippen molar-refractivity contribution < 1.29 is 23.9 Å². The van der Waals surface area contributed by atoms with E-state index >= 15 is 0 Å². The Morgan fingerprint density at radius 3 is 2.67 bits per heavy atom. The van der Waals surface area contributed by atoms with Crippen molar-refractivity contribution >= 4 is 23.5 Å². The minimum atomic E-state index is -0.642. The summed E-state index contributed by atoms with van der Waals surface area (Å²) in [6, 6.07) is 10.00. The molecule has 4 amide bonds. The maximum atomic E-state index is 13.5. The van der Waals surface area contributed by atoms with Crippen LogP contribution in [0.1, 0.15) is 37.0 Å². The van der Waals surface area contributed by atoms with Gasteiger partial charge in [-0.15, -0.1) is 0 Å². The molecule has 2 aromatic carbocycles. The van der Waals surface area contributed by atoms with Gasteiger partial charge in [-0.05, 0) is 62.1 Å². The average molecular weight is 450 g/mol. The van der Waals surface area contributed by atoms with Gasteiger partial charge in [-0.25, -0.2) is 4.79 Å². The first-order chi connectivity index (χ1) is 15.9. The standard InChI is InChI=1S/C24H26N4O5/c1-13(2)25-24(31)26-16-7-8-28-19(11-16)22(29)27-18-5-3-14(9-17(18)23(28)30)15-4-6-20-21(10-15)33-12-32-20/h3-6,9-10,13,16,19H,7-8,11-12H2,1-2H3,(H,27,29)(H2,25,26,31)/t16-,19+/m1/s1. The molecule has 1 saturated heterocycles. The van der Waals surface area contributed by atoms with E-state index in [1.54, 1.807) is 17.0 Å². The maximum Gasteiger partial charge on any atom is 0.315 e. The van der Waals surface area contributed by atoms with Crippen LogP contribution in [0.4, 0.5) is 10.5 Å². The van der Waals surface area contributed by atoms with Crippen LogP contribution in [0.25, 0.3) is 11.1 Å². The molecule has 3 aliphatic rings.